The largest absolute Gasteiger partial charge is 0.381 e. The van der Waals surface area contributed by atoms with Gasteiger partial charge in [0.25, 0.3) is 0 Å². The lowest BCUT2D eigenvalue weighted by Crippen LogP contribution is -2.63. The Bertz CT molecular complexity index is 625. The fourth-order valence-corrected chi connectivity index (χ4v) is 4.38. The lowest BCUT2D eigenvalue weighted by molar-refractivity contribution is -0.0923. The number of hydrogen-bond acceptors (Lipinski definition) is 4. The van der Waals surface area contributed by atoms with Crippen molar-refractivity contribution >= 4 is 15.7 Å². The minimum atomic E-state index is -3.37. The van der Waals surface area contributed by atoms with Crippen LogP contribution >= 0.6 is 0 Å². The molecule has 3 unspecified atom stereocenters. The molecule has 1 aromatic carbocycles. The molecule has 0 radical (unpaired) electrons. The zero-order valence-electron chi connectivity index (χ0n) is 12.6. The summed E-state index contributed by atoms with van der Waals surface area (Å²) in [5.74, 6) is 0.556. The quantitative estimate of drug-likeness (QED) is 0.890. The summed E-state index contributed by atoms with van der Waals surface area (Å²) in [4.78, 5) is 0.283. The molecule has 3 rings (SSSR count). The van der Waals surface area contributed by atoms with E-state index in [1.807, 2.05) is 12.1 Å². The summed E-state index contributed by atoms with van der Waals surface area (Å²) in [6, 6.07) is 7.27. The van der Waals surface area contributed by atoms with E-state index in [1.54, 1.807) is 12.1 Å². The summed E-state index contributed by atoms with van der Waals surface area (Å²) in [5.41, 5.74) is 1.06. The van der Waals surface area contributed by atoms with Crippen molar-refractivity contribution in [2.24, 2.45) is 11.3 Å². The van der Waals surface area contributed by atoms with Gasteiger partial charge in [-0.05, 0) is 37.7 Å². The first-order chi connectivity index (χ1) is 9.86. The van der Waals surface area contributed by atoms with Crippen molar-refractivity contribution in [3.63, 3.8) is 0 Å². The average molecular weight is 310 g/mol. The predicted octanol–water partition coefficient (Wildman–Crippen LogP) is 1.82. The highest BCUT2D eigenvalue weighted by Gasteiger charge is 2.59. The fraction of sp³-hybridized carbons (Fsp3) is 0.600. The fourth-order valence-electron chi connectivity index (χ4n) is 3.64. The minimum absolute atomic E-state index is 0.108. The predicted molar refractivity (Wildman–Crippen MR) is 81.7 cm³/mol. The normalized spacial score (nSPS) is 30.5. The van der Waals surface area contributed by atoms with Crippen molar-refractivity contribution in [3.8, 4) is 0 Å². The molecule has 1 aromatic rings. The summed E-state index contributed by atoms with van der Waals surface area (Å²) >= 11 is 0. The van der Waals surface area contributed by atoms with E-state index in [-0.39, 0.29) is 10.3 Å². The molecule has 2 N–H and O–H groups in total. The van der Waals surface area contributed by atoms with Gasteiger partial charge in [-0.3, -0.25) is 0 Å². The van der Waals surface area contributed by atoms with Gasteiger partial charge in [-0.2, -0.15) is 0 Å². The Kier molecular flexibility index (Phi) is 3.50. The van der Waals surface area contributed by atoms with Gasteiger partial charge in [0, 0.05) is 29.7 Å². The highest BCUT2D eigenvalue weighted by molar-refractivity contribution is 7.89. The standard InChI is InChI=1S/C15H22N2O3S/c1-15(2)13(12-8-9-20-14(12)15)17-10-4-6-11(7-5-10)21(18,19)16-3/h4-7,12-14,16-17H,8-9H2,1-3H3. The summed E-state index contributed by atoms with van der Waals surface area (Å²) in [6.07, 6.45) is 1.44. The maximum absolute atomic E-state index is 11.7. The lowest BCUT2D eigenvalue weighted by atomic mass is 9.57. The molecule has 0 bridgehead atoms. The maximum Gasteiger partial charge on any atom is 0.240 e. The summed E-state index contributed by atoms with van der Waals surface area (Å²) in [6.45, 7) is 5.28. The third kappa shape index (κ3) is 2.35. The Balaban J connectivity index is 1.74. The second kappa shape index (κ2) is 4.97. The molecule has 6 heteroatoms. The van der Waals surface area contributed by atoms with Gasteiger partial charge < -0.3 is 10.1 Å². The molecule has 1 aliphatic carbocycles. The maximum atomic E-state index is 11.7. The number of nitrogens with one attached hydrogen (secondary N) is 2. The molecule has 1 saturated heterocycles. The highest BCUT2D eigenvalue weighted by atomic mass is 32.2. The summed E-state index contributed by atoms with van der Waals surface area (Å²) in [5, 5.41) is 3.54. The molecular formula is C15H22N2O3S. The van der Waals surface area contributed by atoms with Crippen LogP contribution in [0, 0.1) is 11.3 Å². The molecule has 1 saturated carbocycles. The van der Waals surface area contributed by atoms with E-state index in [0.717, 1.165) is 18.7 Å². The van der Waals surface area contributed by atoms with Crippen molar-refractivity contribution < 1.29 is 13.2 Å². The smallest absolute Gasteiger partial charge is 0.240 e. The topological polar surface area (TPSA) is 67.4 Å². The number of hydrogen-bond donors (Lipinski definition) is 2. The van der Waals surface area contributed by atoms with Crippen LogP contribution in [0.4, 0.5) is 5.69 Å². The van der Waals surface area contributed by atoms with Crippen LogP contribution in [0.25, 0.3) is 0 Å². The Morgan fingerprint density at radius 1 is 1.24 bits per heavy atom. The number of anilines is 1. The first-order valence-corrected chi connectivity index (χ1v) is 8.76. The van der Waals surface area contributed by atoms with Gasteiger partial charge in [-0.1, -0.05) is 13.8 Å². The van der Waals surface area contributed by atoms with Crippen LogP contribution in [0.1, 0.15) is 20.3 Å². The second-order valence-corrected chi connectivity index (χ2v) is 8.31. The number of fused-ring (bicyclic) bond motifs is 1. The number of ether oxygens (including phenoxy) is 1. The van der Waals surface area contributed by atoms with E-state index < -0.39 is 10.0 Å². The van der Waals surface area contributed by atoms with Gasteiger partial charge in [0.1, 0.15) is 0 Å². The molecular weight excluding hydrogens is 288 g/mol. The number of benzene rings is 1. The van der Waals surface area contributed by atoms with Crippen LogP contribution in [-0.4, -0.2) is 34.2 Å². The van der Waals surface area contributed by atoms with Crippen molar-refractivity contribution in [1.82, 2.24) is 4.72 Å². The average Bonchev–Trinajstić information content (AvgIpc) is 2.92. The zero-order chi connectivity index (χ0) is 15.3. The molecule has 0 spiro atoms. The van der Waals surface area contributed by atoms with Crippen LogP contribution in [0.2, 0.25) is 0 Å². The van der Waals surface area contributed by atoms with Crippen LogP contribution in [-0.2, 0) is 14.8 Å². The van der Waals surface area contributed by atoms with Gasteiger partial charge in [0.15, 0.2) is 0 Å². The molecule has 2 aliphatic rings. The first-order valence-electron chi connectivity index (χ1n) is 7.28. The number of rotatable bonds is 4. The number of sulfonamides is 1. The van der Waals surface area contributed by atoms with E-state index >= 15 is 0 Å². The van der Waals surface area contributed by atoms with Gasteiger partial charge in [-0.25, -0.2) is 13.1 Å². The van der Waals surface area contributed by atoms with Gasteiger partial charge in [0.2, 0.25) is 10.0 Å². The molecule has 21 heavy (non-hydrogen) atoms. The van der Waals surface area contributed by atoms with E-state index in [4.69, 9.17) is 4.74 Å². The third-order valence-electron chi connectivity index (χ3n) is 4.86. The molecule has 2 fully saturated rings. The summed E-state index contributed by atoms with van der Waals surface area (Å²) in [7, 11) is -1.95. The Labute approximate surface area is 126 Å². The van der Waals surface area contributed by atoms with E-state index in [0.29, 0.717) is 18.1 Å². The molecule has 1 aliphatic heterocycles. The van der Waals surface area contributed by atoms with Crippen LogP contribution in [0.5, 0.6) is 0 Å². The van der Waals surface area contributed by atoms with Crippen molar-refractivity contribution in [2.45, 2.75) is 37.3 Å². The molecule has 0 aromatic heterocycles. The minimum Gasteiger partial charge on any atom is -0.381 e. The summed E-state index contributed by atoms with van der Waals surface area (Å²) < 4.78 is 31.5. The second-order valence-electron chi connectivity index (χ2n) is 6.42. The SMILES string of the molecule is CNS(=O)(=O)c1ccc(NC2C3CCOC3C2(C)C)cc1. The van der Waals surface area contributed by atoms with Gasteiger partial charge in [-0.15, -0.1) is 0 Å². The third-order valence-corrected chi connectivity index (χ3v) is 6.29. The van der Waals surface area contributed by atoms with Gasteiger partial charge in [0.05, 0.1) is 11.0 Å². The van der Waals surface area contributed by atoms with E-state index in [2.05, 4.69) is 23.9 Å². The van der Waals surface area contributed by atoms with Crippen LogP contribution < -0.4 is 10.0 Å². The monoisotopic (exact) mass is 310 g/mol. The molecule has 116 valence electrons. The van der Waals surface area contributed by atoms with Gasteiger partial charge >= 0.3 is 0 Å². The molecule has 0 amide bonds. The molecule has 1 heterocycles. The van der Waals surface area contributed by atoms with Crippen molar-refractivity contribution in [2.75, 3.05) is 19.0 Å². The van der Waals surface area contributed by atoms with Crippen molar-refractivity contribution in [1.29, 1.82) is 0 Å². The first kappa shape index (κ1) is 14.8. The van der Waals surface area contributed by atoms with E-state index in [9.17, 15) is 8.42 Å². The molecule has 3 atom stereocenters. The van der Waals surface area contributed by atoms with Crippen LogP contribution in [0.3, 0.4) is 0 Å². The highest BCUT2D eigenvalue weighted by Crippen LogP contribution is 2.53. The van der Waals surface area contributed by atoms with E-state index in [1.165, 1.54) is 7.05 Å². The lowest BCUT2D eigenvalue weighted by Gasteiger charge is -2.55. The zero-order valence-corrected chi connectivity index (χ0v) is 13.4. The van der Waals surface area contributed by atoms with Crippen molar-refractivity contribution in [3.05, 3.63) is 24.3 Å². The Hall–Kier alpha value is -1.11. The Morgan fingerprint density at radius 3 is 2.52 bits per heavy atom. The molecule has 5 nitrogen and oxygen atoms in total. The van der Waals surface area contributed by atoms with Crippen LogP contribution in [0.15, 0.2) is 29.2 Å². The Morgan fingerprint density at radius 2 is 1.90 bits per heavy atom.